The van der Waals surface area contributed by atoms with Crippen LogP contribution in [0, 0.1) is 0 Å². The SMILES string of the molecule is C=C1Cc2ccc(C(C)C)cc2N1C. The van der Waals surface area contributed by atoms with Gasteiger partial charge in [0.05, 0.1) is 0 Å². The quantitative estimate of drug-likeness (QED) is 0.652. The third-order valence-electron chi connectivity index (χ3n) is 3.01. The predicted molar refractivity (Wildman–Crippen MR) is 61.8 cm³/mol. The lowest BCUT2D eigenvalue weighted by molar-refractivity contribution is 0.866. The van der Waals surface area contributed by atoms with Crippen molar-refractivity contribution < 1.29 is 0 Å². The number of anilines is 1. The summed E-state index contributed by atoms with van der Waals surface area (Å²) < 4.78 is 0. The van der Waals surface area contributed by atoms with E-state index in [9.17, 15) is 0 Å². The zero-order chi connectivity index (χ0) is 10.3. The number of fused-ring (bicyclic) bond motifs is 1. The number of hydrogen-bond acceptors (Lipinski definition) is 1. The number of benzene rings is 1. The lowest BCUT2D eigenvalue weighted by Crippen LogP contribution is -2.09. The number of allylic oxidation sites excluding steroid dienone is 1. The van der Waals surface area contributed by atoms with Gasteiger partial charge in [0.25, 0.3) is 0 Å². The highest BCUT2D eigenvalue weighted by Crippen LogP contribution is 2.34. The standard InChI is InChI=1S/C13H17N/c1-9(2)11-5-6-12-7-10(3)14(4)13(12)8-11/h5-6,8-9H,3,7H2,1-2,4H3. The average molecular weight is 187 g/mol. The van der Waals surface area contributed by atoms with Crippen LogP contribution < -0.4 is 4.90 Å². The van der Waals surface area contributed by atoms with Crippen LogP contribution in [0.4, 0.5) is 5.69 Å². The molecule has 14 heavy (non-hydrogen) atoms. The number of rotatable bonds is 1. The fourth-order valence-electron chi connectivity index (χ4n) is 1.91. The van der Waals surface area contributed by atoms with E-state index in [1.807, 2.05) is 0 Å². The van der Waals surface area contributed by atoms with Crippen molar-refractivity contribution in [1.29, 1.82) is 0 Å². The first-order chi connectivity index (χ1) is 6.59. The molecule has 0 aliphatic carbocycles. The summed E-state index contributed by atoms with van der Waals surface area (Å²) >= 11 is 0. The molecular formula is C13H17N. The van der Waals surface area contributed by atoms with Crippen LogP contribution in [0.2, 0.25) is 0 Å². The molecule has 2 rings (SSSR count). The minimum absolute atomic E-state index is 0.600. The van der Waals surface area contributed by atoms with Gasteiger partial charge in [-0.2, -0.15) is 0 Å². The van der Waals surface area contributed by atoms with Gasteiger partial charge in [0.1, 0.15) is 0 Å². The molecule has 1 aromatic rings. The van der Waals surface area contributed by atoms with Gasteiger partial charge in [-0.1, -0.05) is 32.6 Å². The maximum Gasteiger partial charge on any atom is 0.0444 e. The summed E-state index contributed by atoms with van der Waals surface area (Å²) in [5, 5.41) is 0. The number of likely N-dealkylation sites (N-methyl/N-ethyl adjacent to an activating group) is 1. The monoisotopic (exact) mass is 187 g/mol. The van der Waals surface area contributed by atoms with Gasteiger partial charge in [-0.15, -0.1) is 0 Å². The zero-order valence-electron chi connectivity index (χ0n) is 9.17. The molecule has 0 saturated carbocycles. The van der Waals surface area contributed by atoms with Crippen LogP contribution in [0.1, 0.15) is 30.9 Å². The van der Waals surface area contributed by atoms with Crippen molar-refractivity contribution in [2.24, 2.45) is 0 Å². The lowest BCUT2D eigenvalue weighted by Gasteiger charge is -2.15. The smallest absolute Gasteiger partial charge is 0.0444 e. The van der Waals surface area contributed by atoms with E-state index in [0.717, 1.165) is 6.42 Å². The van der Waals surface area contributed by atoms with E-state index in [4.69, 9.17) is 0 Å². The molecule has 1 nitrogen and oxygen atoms in total. The second-order valence-corrected chi connectivity index (χ2v) is 4.34. The molecule has 0 amide bonds. The van der Waals surface area contributed by atoms with E-state index < -0.39 is 0 Å². The van der Waals surface area contributed by atoms with Crippen molar-refractivity contribution in [3.05, 3.63) is 41.6 Å². The molecule has 0 unspecified atom stereocenters. The van der Waals surface area contributed by atoms with Crippen LogP contribution in [-0.2, 0) is 6.42 Å². The first-order valence-corrected chi connectivity index (χ1v) is 5.14. The highest BCUT2D eigenvalue weighted by molar-refractivity contribution is 5.65. The van der Waals surface area contributed by atoms with Gasteiger partial charge in [0, 0.05) is 24.9 Å². The zero-order valence-corrected chi connectivity index (χ0v) is 9.17. The maximum absolute atomic E-state index is 4.05. The van der Waals surface area contributed by atoms with Crippen LogP contribution in [-0.4, -0.2) is 7.05 Å². The molecule has 1 heteroatoms. The fraction of sp³-hybridized carbons (Fsp3) is 0.385. The summed E-state index contributed by atoms with van der Waals surface area (Å²) in [6.45, 7) is 8.51. The largest absolute Gasteiger partial charge is 0.348 e. The maximum atomic E-state index is 4.05. The van der Waals surface area contributed by atoms with Crippen molar-refractivity contribution in [3.8, 4) is 0 Å². The molecule has 0 atom stereocenters. The van der Waals surface area contributed by atoms with Crippen molar-refractivity contribution in [3.63, 3.8) is 0 Å². The van der Waals surface area contributed by atoms with Crippen LogP contribution >= 0.6 is 0 Å². The van der Waals surface area contributed by atoms with Gasteiger partial charge in [0.2, 0.25) is 0 Å². The van der Waals surface area contributed by atoms with E-state index in [0.29, 0.717) is 5.92 Å². The molecule has 1 aliphatic rings. The second kappa shape index (κ2) is 3.16. The van der Waals surface area contributed by atoms with Crippen molar-refractivity contribution >= 4 is 5.69 Å². The van der Waals surface area contributed by atoms with E-state index in [-0.39, 0.29) is 0 Å². The van der Waals surface area contributed by atoms with Crippen LogP contribution in [0.5, 0.6) is 0 Å². The molecule has 1 aromatic carbocycles. The minimum Gasteiger partial charge on any atom is -0.348 e. The van der Waals surface area contributed by atoms with Gasteiger partial charge in [0.15, 0.2) is 0 Å². The molecule has 1 aliphatic heterocycles. The van der Waals surface area contributed by atoms with E-state index >= 15 is 0 Å². The normalized spacial score (nSPS) is 15.1. The van der Waals surface area contributed by atoms with Crippen LogP contribution in [0.25, 0.3) is 0 Å². The van der Waals surface area contributed by atoms with Crippen molar-refractivity contribution in [2.75, 3.05) is 11.9 Å². The number of hydrogen-bond donors (Lipinski definition) is 0. The van der Waals surface area contributed by atoms with Crippen molar-refractivity contribution in [2.45, 2.75) is 26.2 Å². The topological polar surface area (TPSA) is 3.24 Å². The molecular weight excluding hydrogens is 170 g/mol. The Balaban J connectivity index is 2.46. The van der Waals surface area contributed by atoms with Gasteiger partial charge in [-0.25, -0.2) is 0 Å². The Morgan fingerprint density at radius 1 is 1.36 bits per heavy atom. The summed E-state index contributed by atoms with van der Waals surface area (Å²) in [5.74, 6) is 0.600. The first-order valence-electron chi connectivity index (χ1n) is 5.14. The van der Waals surface area contributed by atoms with E-state index in [1.165, 1.54) is 22.5 Å². The summed E-state index contributed by atoms with van der Waals surface area (Å²) in [4.78, 5) is 2.20. The van der Waals surface area contributed by atoms with Gasteiger partial charge in [-0.3, -0.25) is 0 Å². The summed E-state index contributed by atoms with van der Waals surface area (Å²) in [6, 6.07) is 6.76. The van der Waals surface area contributed by atoms with E-state index in [1.54, 1.807) is 0 Å². The highest BCUT2D eigenvalue weighted by atomic mass is 15.1. The Kier molecular flexibility index (Phi) is 2.10. The molecule has 74 valence electrons. The minimum atomic E-state index is 0.600. The molecule has 0 saturated heterocycles. The Morgan fingerprint density at radius 2 is 2.07 bits per heavy atom. The molecule has 0 spiro atoms. The lowest BCUT2D eigenvalue weighted by atomic mass is 10.0. The van der Waals surface area contributed by atoms with Gasteiger partial charge >= 0.3 is 0 Å². The average Bonchev–Trinajstić information content (AvgIpc) is 2.43. The predicted octanol–water partition coefficient (Wildman–Crippen LogP) is 3.32. The van der Waals surface area contributed by atoms with E-state index in [2.05, 4.69) is 50.6 Å². The third kappa shape index (κ3) is 1.33. The second-order valence-electron chi connectivity index (χ2n) is 4.34. The van der Waals surface area contributed by atoms with Crippen LogP contribution in [0.15, 0.2) is 30.5 Å². The van der Waals surface area contributed by atoms with Crippen LogP contribution in [0.3, 0.4) is 0 Å². The molecule has 0 bridgehead atoms. The Morgan fingerprint density at radius 3 is 2.71 bits per heavy atom. The van der Waals surface area contributed by atoms with Gasteiger partial charge in [-0.05, 0) is 23.1 Å². The Labute approximate surface area is 86.1 Å². The Bertz CT molecular complexity index is 377. The summed E-state index contributed by atoms with van der Waals surface area (Å²) in [5.41, 5.74) is 5.34. The molecule has 0 fully saturated rings. The molecule has 0 radical (unpaired) electrons. The van der Waals surface area contributed by atoms with Crippen molar-refractivity contribution in [1.82, 2.24) is 0 Å². The highest BCUT2D eigenvalue weighted by Gasteiger charge is 2.19. The molecule has 0 aromatic heterocycles. The number of nitrogens with zero attached hydrogens (tertiary/aromatic N) is 1. The third-order valence-corrected chi connectivity index (χ3v) is 3.01. The fourth-order valence-corrected chi connectivity index (χ4v) is 1.91. The Hall–Kier alpha value is -1.24. The van der Waals surface area contributed by atoms with Gasteiger partial charge < -0.3 is 4.90 Å². The molecule has 0 N–H and O–H groups in total. The first kappa shape index (κ1) is 9.32. The molecule has 1 heterocycles. The summed E-state index contributed by atoms with van der Waals surface area (Å²) in [6.07, 6.45) is 1.00. The summed E-state index contributed by atoms with van der Waals surface area (Å²) in [7, 11) is 2.10.